The molecule has 0 spiro atoms. The number of carbonyl (C=O) groups is 1. The van der Waals surface area contributed by atoms with Gasteiger partial charge in [-0.05, 0) is 72.3 Å². The number of hydrogen-bond donors (Lipinski definition) is 3. The molecule has 1 amide bonds. The van der Waals surface area contributed by atoms with Gasteiger partial charge in [-0.25, -0.2) is 4.98 Å². The number of aromatic nitrogens is 2. The van der Waals surface area contributed by atoms with E-state index in [0.717, 1.165) is 60.4 Å². The molecule has 0 saturated carbocycles. The molecule has 3 N–H and O–H groups in total. The van der Waals surface area contributed by atoms with Gasteiger partial charge in [0.05, 0.1) is 11.8 Å². The van der Waals surface area contributed by atoms with Gasteiger partial charge in [0.2, 0.25) is 0 Å². The van der Waals surface area contributed by atoms with Crippen molar-refractivity contribution in [2.75, 3.05) is 16.8 Å². The zero-order valence-electron chi connectivity index (χ0n) is 18.1. The van der Waals surface area contributed by atoms with Crippen LogP contribution in [0.2, 0.25) is 0 Å². The van der Waals surface area contributed by atoms with E-state index in [1.54, 1.807) is 0 Å². The van der Waals surface area contributed by atoms with E-state index in [9.17, 15) is 9.90 Å². The van der Waals surface area contributed by atoms with Gasteiger partial charge in [0, 0.05) is 11.3 Å². The first-order valence-corrected chi connectivity index (χ1v) is 11.9. The standard InChI is InChI=1S/C25H29N3O2S/c1-4-19-16-26-22(27-19)23(29)28-21-6-5-18(25(30)11-13-31-14-12-25)15-20(21)17-7-9-24(2,3)10-8-17/h1,5-7,15-16,30H,8-14H2,2-3H3,(H,26,27)(H,28,29). The van der Waals surface area contributed by atoms with Crippen molar-refractivity contribution in [2.24, 2.45) is 5.41 Å². The summed E-state index contributed by atoms with van der Waals surface area (Å²) in [4.78, 5) is 19.7. The molecular formula is C25H29N3O2S. The van der Waals surface area contributed by atoms with Gasteiger partial charge in [-0.15, -0.1) is 6.42 Å². The van der Waals surface area contributed by atoms with Crippen LogP contribution >= 0.6 is 11.8 Å². The number of rotatable bonds is 4. The van der Waals surface area contributed by atoms with E-state index >= 15 is 0 Å². The predicted molar refractivity (Wildman–Crippen MR) is 127 cm³/mol. The first-order chi connectivity index (χ1) is 14.8. The van der Waals surface area contributed by atoms with Crippen LogP contribution in [0.5, 0.6) is 0 Å². The summed E-state index contributed by atoms with van der Waals surface area (Å²) >= 11 is 1.88. The molecule has 1 aromatic carbocycles. The number of thioether (sulfide) groups is 1. The minimum absolute atomic E-state index is 0.185. The molecule has 1 saturated heterocycles. The summed E-state index contributed by atoms with van der Waals surface area (Å²) in [5.41, 5.74) is 3.80. The van der Waals surface area contributed by atoms with Gasteiger partial charge in [0.15, 0.2) is 5.82 Å². The Kier molecular flexibility index (Phi) is 6.00. The van der Waals surface area contributed by atoms with Crippen LogP contribution < -0.4 is 5.32 Å². The van der Waals surface area contributed by atoms with Crippen LogP contribution in [0.25, 0.3) is 5.57 Å². The lowest BCUT2D eigenvalue weighted by atomic mass is 9.76. The molecule has 2 aliphatic rings. The summed E-state index contributed by atoms with van der Waals surface area (Å²) in [5.74, 6) is 4.21. The van der Waals surface area contributed by atoms with Crippen LogP contribution in [0.4, 0.5) is 5.69 Å². The Balaban J connectivity index is 1.69. The maximum absolute atomic E-state index is 12.8. The van der Waals surface area contributed by atoms with Crippen molar-refractivity contribution in [1.29, 1.82) is 0 Å². The van der Waals surface area contributed by atoms with Crippen LogP contribution in [0.1, 0.15) is 73.4 Å². The van der Waals surface area contributed by atoms with Crippen molar-refractivity contribution < 1.29 is 9.90 Å². The summed E-state index contributed by atoms with van der Waals surface area (Å²) in [6.07, 6.45) is 13.6. The Labute approximate surface area is 188 Å². The Morgan fingerprint density at radius 1 is 1.29 bits per heavy atom. The van der Waals surface area contributed by atoms with E-state index in [0.29, 0.717) is 5.69 Å². The fourth-order valence-corrected chi connectivity index (χ4v) is 5.39. The third kappa shape index (κ3) is 4.73. The number of imidazole rings is 1. The Morgan fingerprint density at radius 2 is 2.06 bits per heavy atom. The minimum Gasteiger partial charge on any atom is -0.385 e. The van der Waals surface area contributed by atoms with Crippen LogP contribution in [0.3, 0.4) is 0 Å². The highest BCUT2D eigenvalue weighted by molar-refractivity contribution is 7.99. The van der Waals surface area contributed by atoms with Crippen LogP contribution in [-0.4, -0.2) is 32.5 Å². The van der Waals surface area contributed by atoms with Crippen molar-refractivity contribution >= 4 is 28.9 Å². The summed E-state index contributed by atoms with van der Waals surface area (Å²) in [5, 5.41) is 14.3. The predicted octanol–water partition coefficient (Wildman–Crippen LogP) is 4.95. The highest BCUT2D eigenvalue weighted by atomic mass is 32.2. The molecule has 1 aromatic heterocycles. The van der Waals surface area contributed by atoms with E-state index < -0.39 is 5.60 Å². The maximum Gasteiger partial charge on any atom is 0.291 e. The fraction of sp³-hybridized carbons (Fsp3) is 0.440. The second kappa shape index (κ2) is 8.57. The first-order valence-electron chi connectivity index (χ1n) is 10.8. The molecule has 6 heteroatoms. The number of hydrogen-bond acceptors (Lipinski definition) is 4. The van der Waals surface area contributed by atoms with Crippen molar-refractivity contribution in [3.05, 3.63) is 53.1 Å². The Morgan fingerprint density at radius 3 is 2.71 bits per heavy atom. The monoisotopic (exact) mass is 435 g/mol. The number of anilines is 1. The first kappa shape index (κ1) is 21.7. The molecule has 1 aliphatic carbocycles. The Bertz CT molecular complexity index is 1050. The van der Waals surface area contributed by atoms with Gasteiger partial charge in [-0.1, -0.05) is 31.9 Å². The quantitative estimate of drug-likeness (QED) is 0.594. The molecule has 0 atom stereocenters. The molecule has 2 heterocycles. The van der Waals surface area contributed by atoms with E-state index in [1.165, 1.54) is 11.8 Å². The number of carbonyl (C=O) groups excluding carboxylic acids is 1. The van der Waals surface area contributed by atoms with Crippen molar-refractivity contribution in [1.82, 2.24) is 9.97 Å². The average Bonchev–Trinajstić information content (AvgIpc) is 3.24. The minimum atomic E-state index is -0.806. The highest BCUT2D eigenvalue weighted by Crippen LogP contribution is 2.42. The lowest BCUT2D eigenvalue weighted by Gasteiger charge is -2.34. The topological polar surface area (TPSA) is 78.0 Å². The lowest BCUT2D eigenvalue weighted by molar-refractivity contribution is 0.0281. The second-order valence-corrected chi connectivity index (χ2v) is 10.5. The highest BCUT2D eigenvalue weighted by Gasteiger charge is 2.33. The third-order valence-corrected chi connectivity index (χ3v) is 7.38. The number of H-pyrrole nitrogens is 1. The van der Waals surface area contributed by atoms with Crippen LogP contribution in [-0.2, 0) is 5.60 Å². The number of terminal acetylenes is 1. The third-order valence-electron chi connectivity index (χ3n) is 6.39. The van der Waals surface area contributed by atoms with Gasteiger partial charge in [0.25, 0.3) is 5.91 Å². The van der Waals surface area contributed by atoms with E-state index in [2.05, 4.69) is 47.2 Å². The molecule has 5 nitrogen and oxygen atoms in total. The number of benzene rings is 1. The zero-order valence-corrected chi connectivity index (χ0v) is 18.9. The molecule has 2 aromatic rings. The molecule has 1 aliphatic heterocycles. The van der Waals surface area contributed by atoms with Crippen LogP contribution in [0, 0.1) is 17.8 Å². The normalized spacial score (nSPS) is 19.9. The number of nitrogens with zero attached hydrogens (tertiary/aromatic N) is 1. The zero-order chi connectivity index (χ0) is 22.1. The number of aliphatic hydroxyl groups is 1. The van der Waals surface area contributed by atoms with Crippen molar-refractivity contribution in [3.63, 3.8) is 0 Å². The van der Waals surface area contributed by atoms with E-state index in [-0.39, 0.29) is 17.1 Å². The maximum atomic E-state index is 12.8. The fourth-order valence-electron chi connectivity index (χ4n) is 4.22. The molecule has 162 valence electrons. The molecular weight excluding hydrogens is 406 g/mol. The Hall–Kier alpha value is -2.49. The molecule has 0 unspecified atom stereocenters. The van der Waals surface area contributed by atoms with Crippen molar-refractivity contribution in [3.8, 4) is 12.3 Å². The SMILES string of the molecule is C#Cc1cnc(C(=O)Nc2ccc(C3(O)CCSCC3)cc2C2=CCC(C)(C)CC2)[nH]1. The van der Waals surface area contributed by atoms with Gasteiger partial charge < -0.3 is 15.4 Å². The lowest BCUT2D eigenvalue weighted by Crippen LogP contribution is -2.30. The number of amides is 1. The van der Waals surface area contributed by atoms with Crippen molar-refractivity contribution in [2.45, 2.75) is 51.6 Å². The molecule has 0 radical (unpaired) electrons. The average molecular weight is 436 g/mol. The number of nitrogens with one attached hydrogen (secondary N) is 2. The molecule has 31 heavy (non-hydrogen) atoms. The second-order valence-electron chi connectivity index (χ2n) is 9.25. The largest absolute Gasteiger partial charge is 0.385 e. The van der Waals surface area contributed by atoms with E-state index in [4.69, 9.17) is 6.42 Å². The smallest absolute Gasteiger partial charge is 0.291 e. The van der Waals surface area contributed by atoms with Gasteiger partial charge >= 0.3 is 0 Å². The number of allylic oxidation sites excluding steroid dienone is 2. The van der Waals surface area contributed by atoms with E-state index in [1.807, 2.05) is 23.9 Å². The summed E-state index contributed by atoms with van der Waals surface area (Å²) in [6, 6.07) is 5.93. The molecule has 4 rings (SSSR count). The van der Waals surface area contributed by atoms with Gasteiger partial charge in [-0.2, -0.15) is 11.8 Å². The molecule has 1 fully saturated rings. The summed E-state index contributed by atoms with van der Waals surface area (Å²) in [6.45, 7) is 4.56. The van der Waals surface area contributed by atoms with Gasteiger partial charge in [0.1, 0.15) is 5.69 Å². The number of aromatic amines is 1. The summed E-state index contributed by atoms with van der Waals surface area (Å²) in [7, 11) is 0. The van der Waals surface area contributed by atoms with Gasteiger partial charge in [-0.3, -0.25) is 4.79 Å². The molecule has 0 bridgehead atoms. The summed E-state index contributed by atoms with van der Waals surface area (Å²) < 4.78 is 0. The van der Waals surface area contributed by atoms with Crippen LogP contribution in [0.15, 0.2) is 30.5 Å².